The third-order valence-electron chi connectivity index (χ3n) is 6.74. The van der Waals surface area contributed by atoms with Crippen LogP contribution >= 0.6 is 0 Å². The summed E-state index contributed by atoms with van der Waals surface area (Å²) in [6.45, 7) is 7.23. The van der Waals surface area contributed by atoms with E-state index in [-0.39, 0.29) is 11.7 Å². The van der Waals surface area contributed by atoms with E-state index in [9.17, 15) is 9.18 Å². The van der Waals surface area contributed by atoms with Crippen LogP contribution in [-0.4, -0.2) is 53.9 Å². The van der Waals surface area contributed by atoms with Gasteiger partial charge in [-0.15, -0.1) is 0 Å². The highest BCUT2D eigenvalue weighted by atomic mass is 19.1. The first-order chi connectivity index (χ1) is 17.0. The molecule has 1 amide bonds. The zero-order chi connectivity index (χ0) is 24.4. The van der Waals surface area contributed by atoms with E-state index in [2.05, 4.69) is 28.2 Å². The van der Waals surface area contributed by atoms with E-state index in [0.717, 1.165) is 66.0 Å². The Morgan fingerprint density at radius 2 is 1.60 bits per heavy atom. The number of pyridine rings is 1. The number of carbonyl (C=O) groups is 1. The zero-order valence-electron chi connectivity index (χ0n) is 20.1. The van der Waals surface area contributed by atoms with Gasteiger partial charge in [-0.2, -0.15) is 0 Å². The Hall–Kier alpha value is -3.61. The fraction of sp³-hybridized carbons (Fsp3) is 0.241. The number of rotatable bonds is 5. The van der Waals surface area contributed by atoms with Gasteiger partial charge in [0.2, 0.25) is 0 Å². The minimum Gasteiger partial charge on any atom is -0.322 e. The number of nitrogens with one attached hydrogen (secondary N) is 1. The molecule has 5 nitrogen and oxygen atoms in total. The summed E-state index contributed by atoms with van der Waals surface area (Å²) in [6, 6.07) is 19.8. The number of anilines is 1. The summed E-state index contributed by atoms with van der Waals surface area (Å²) in [6.07, 6.45) is 1.95. The minimum atomic E-state index is -0.267. The smallest absolute Gasteiger partial charge is 0.255 e. The van der Waals surface area contributed by atoms with Gasteiger partial charge in [0.25, 0.3) is 5.91 Å². The van der Waals surface area contributed by atoms with Crippen molar-refractivity contribution in [1.82, 2.24) is 14.8 Å². The molecule has 0 radical (unpaired) electrons. The largest absolute Gasteiger partial charge is 0.322 e. The molecule has 1 aliphatic rings. The molecule has 4 aromatic rings. The summed E-state index contributed by atoms with van der Waals surface area (Å²) >= 11 is 0. The highest BCUT2D eigenvalue weighted by molar-refractivity contribution is 6.06. The van der Waals surface area contributed by atoms with E-state index in [1.807, 2.05) is 37.4 Å². The Bertz CT molecular complexity index is 1340. The van der Waals surface area contributed by atoms with E-state index in [1.54, 1.807) is 24.3 Å². The van der Waals surface area contributed by atoms with Crippen LogP contribution in [0.25, 0.3) is 22.0 Å². The highest BCUT2D eigenvalue weighted by Crippen LogP contribution is 2.26. The van der Waals surface area contributed by atoms with E-state index in [4.69, 9.17) is 4.98 Å². The normalized spacial score (nSPS) is 14.8. The second kappa shape index (κ2) is 9.94. The minimum absolute atomic E-state index is 0.176. The number of carbonyl (C=O) groups excluding carboxylic acids is 1. The second-order valence-electron chi connectivity index (χ2n) is 9.27. The van der Waals surface area contributed by atoms with Crippen molar-refractivity contribution >= 4 is 22.5 Å². The number of aromatic nitrogens is 1. The molecule has 35 heavy (non-hydrogen) atoms. The summed E-state index contributed by atoms with van der Waals surface area (Å²) in [4.78, 5) is 22.5. The van der Waals surface area contributed by atoms with E-state index < -0.39 is 0 Å². The molecule has 1 saturated heterocycles. The van der Waals surface area contributed by atoms with Crippen molar-refractivity contribution in [2.75, 3.05) is 38.5 Å². The van der Waals surface area contributed by atoms with Crippen molar-refractivity contribution in [1.29, 1.82) is 0 Å². The van der Waals surface area contributed by atoms with Crippen LogP contribution < -0.4 is 5.32 Å². The Kier molecular flexibility index (Phi) is 6.57. The zero-order valence-corrected chi connectivity index (χ0v) is 20.1. The number of benzene rings is 3. The number of fused-ring (bicyclic) bond motifs is 1. The molecular weight excluding hydrogens is 439 g/mol. The number of likely N-dealkylation sites (N-methyl/N-ethyl adjacent to an activating group) is 1. The van der Waals surface area contributed by atoms with E-state index >= 15 is 0 Å². The first-order valence-electron chi connectivity index (χ1n) is 11.9. The Balaban J connectivity index is 1.29. The van der Waals surface area contributed by atoms with Crippen molar-refractivity contribution in [2.24, 2.45) is 0 Å². The molecule has 5 rings (SSSR count). The lowest BCUT2D eigenvalue weighted by molar-refractivity contribution is 0.102. The molecule has 1 N–H and O–H groups in total. The maximum absolute atomic E-state index is 13.2. The Labute approximate surface area is 205 Å². The van der Waals surface area contributed by atoms with Crippen molar-refractivity contribution in [3.05, 3.63) is 95.4 Å². The van der Waals surface area contributed by atoms with Gasteiger partial charge in [0.05, 0.1) is 5.52 Å². The lowest BCUT2D eigenvalue weighted by Crippen LogP contribution is -2.43. The van der Waals surface area contributed by atoms with Gasteiger partial charge in [-0.1, -0.05) is 30.3 Å². The van der Waals surface area contributed by atoms with Gasteiger partial charge in [-0.25, -0.2) is 4.39 Å². The van der Waals surface area contributed by atoms with Crippen LogP contribution in [0.1, 0.15) is 21.5 Å². The maximum atomic E-state index is 13.2. The molecule has 0 saturated carbocycles. The van der Waals surface area contributed by atoms with Crippen LogP contribution in [0.2, 0.25) is 0 Å². The predicted octanol–water partition coefficient (Wildman–Crippen LogP) is 5.35. The highest BCUT2D eigenvalue weighted by Gasteiger charge is 2.15. The summed E-state index contributed by atoms with van der Waals surface area (Å²) in [5.41, 5.74) is 6.21. The number of hydrogen-bond donors (Lipinski definition) is 1. The van der Waals surface area contributed by atoms with Gasteiger partial charge in [0, 0.05) is 55.6 Å². The summed E-state index contributed by atoms with van der Waals surface area (Å²) in [5, 5.41) is 4.11. The molecule has 0 atom stereocenters. The molecule has 1 aliphatic heterocycles. The summed E-state index contributed by atoms with van der Waals surface area (Å²) < 4.78 is 13.2. The van der Waals surface area contributed by atoms with Crippen molar-refractivity contribution in [3.8, 4) is 11.1 Å². The molecule has 178 valence electrons. The molecule has 6 heteroatoms. The monoisotopic (exact) mass is 468 g/mol. The number of aryl methyl sites for hydroxylation is 1. The third kappa shape index (κ3) is 5.24. The lowest BCUT2D eigenvalue weighted by Gasteiger charge is -2.32. The van der Waals surface area contributed by atoms with Gasteiger partial charge in [0.1, 0.15) is 5.82 Å². The van der Waals surface area contributed by atoms with Crippen LogP contribution in [0.15, 0.2) is 72.9 Å². The standard InChI is InChI=1S/C29H29FN4O/c1-20-27(32-29(35)24-5-3-22(4-6-24)23-7-10-26(30)11-8-23)12-9-25-17-21(18-31-28(20)25)19-34-15-13-33(2)14-16-34/h3-12,17-18H,13-16,19H2,1-2H3,(H,32,35). The number of amides is 1. The molecule has 0 bridgehead atoms. The van der Waals surface area contributed by atoms with Crippen LogP contribution in [0, 0.1) is 12.7 Å². The van der Waals surface area contributed by atoms with Gasteiger partial charge in [0.15, 0.2) is 0 Å². The Morgan fingerprint density at radius 1 is 0.943 bits per heavy atom. The number of hydrogen-bond acceptors (Lipinski definition) is 4. The predicted molar refractivity (Wildman–Crippen MR) is 139 cm³/mol. The molecule has 0 spiro atoms. The number of halogens is 1. The van der Waals surface area contributed by atoms with Crippen molar-refractivity contribution in [2.45, 2.75) is 13.5 Å². The van der Waals surface area contributed by atoms with E-state index in [0.29, 0.717) is 5.56 Å². The molecule has 1 aromatic heterocycles. The van der Waals surface area contributed by atoms with Crippen LogP contribution in [-0.2, 0) is 6.54 Å². The first kappa shape index (κ1) is 23.1. The third-order valence-corrected chi connectivity index (χ3v) is 6.74. The molecule has 3 aromatic carbocycles. The van der Waals surface area contributed by atoms with Gasteiger partial charge < -0.3 is 10.2 Å². The summed E-state index contributed by atoms with van der Waals surface area (Å²) in [7, 11) is 2.16. The first-order valence-corrected chi connectivity index (χ1v) is 11.9. The molecular formula is C29H29FN4O. The second-order valence-corrected chi connectivity index (χ2v) is 9.27. The van der Waals surface area contributed by atoms with Crippen molar-refractivity contribution in [3.63, 3.8) is 0 Å². The topological polar surface area (TPSA) is 48.5 Å². The van der Waals surface area contributed by atoms with E-state index in [1.165, 1.54) is 17.7 Å². The maximum Gasteiger partial charge on any atom is 0.255 e. The fourth-order valence-corrected chi connectivity index (χ4v) is 4.53. The Morgan fingerprint density at radius 3 is 2.29 bits per heavy atom. The number of piperazine rings is 1. The van der Waals surface area contributed by atoms with Crippen molar-refractivity contribution < 1.29 is 9.18 Å². The molecule has 2 heterocycles. The van der Waals surface area contributed by atoms with Gasteiger partial charge in [-0.3, -0.25) is 14.7 Å². The van der Waals surface area contributed by atoms with Crippen LogP contribution in [0.5, 0.6) is 0 Å². The quantitative estimate of drug-likeness (QED) is 0.429. The average molecular weight is 469 g/mol. The number of nitrogens with zero attached hydrogens (tertiary/aromatic N) is 3. The van der Waals surface area contributed by atoms with Gasteiger partial charge >= 0.3 is 0 Å². The van der Waals surface area contributed by atoms with Crippen LogP contribution in [0.4, 0.5) is 10.1 Å². The molecule has 0 unspecified atom stereocenters. The lowest BCUT2D eigenvalue weighted by atomic mass is 10.0. The summed E-state index contributed by atoms with van der Waals surface area (Å²) in [5.74, 6) is -0.443. The average Bonchev–Trinajstić information content (AvgIpc) is 2.88. The molecule has 1 fully saturated rings. The fourth-order valence-electron chi connectivity index (χ4n) is 4.53. The molecule has 0 aliphatic carbocycles. The van der Waals surface area contributed by atoms with Gasteiger partial charge in [-0.05, 0) is 72.6 Å². The SMILES string of the molecule is Cc1c(NC(=O)c2ccc(-c3ccc(F)cc3)cc2)ccc2cc(CN3CCN(C)CC3)cnc12. The van der Waals surface area contributed by atoms with Crippen LogP contribution in [0.3, 0.4) is 0 Å².